The van der Waals surface area contributed by atoms with Gasteiger partial charge in [-0.25, -0.2) is 4.79 Å². The van der Waals surface area contributed by atoms with E-state index in [0.717, 1.165) is 18.4 Å². The Morgan fingerprint density at radius 3 is 2.40 bits per heavy atom. The summed E-state index contributed by atoms with van der Waals surface area (Å²) in [5.74, 6) is -1.29. The van der Waals surface area contributed by atoms with E-state index in [9.17, 15) is 14.7 Å². The number of aliphatic carboxylic acids is 1. The minimum Gasteiger partial charge on any atom is -0.480 e. The van der Waals surface area contributed by atoms with Gasteiger partial charge in [0.1, 0.15) is 6.04 Å². The maximum absolute atomic E-state index is 11.9. The molecular formula is C16H23NO3. The molecule has 0 aliphatic carbocycles. The summed E-state index contributed by atoms with van der Waals surface area (Å²) in [5.41, 5.74) is 1.08. The van der Waals surface area contributed by atoms with E-state index in [1.165, 1.54) is 0 Å². The molecule has 0 spiro atoms. The number of hydrogen-bond acceptors (Lipinski definition) is 2. The van der Waals surface area contributed by atoms with Crippen LogP contribution in [0.1, 0.15) is 38.7 Å². The van der Waals surface area contributed by atoms with Gasteiger partial charge in [-0.1, -0.05) is 50.6 Å². The van der Waals surface area contributed by atoms with Crippen molar-refractivity contribution in [3.05, 3.63) is 35.9 Å². The van der Waals surface area contributed by atoms with Crippen molar-refractivity contribution in [1.29, 1.82) is 0 Å². The molecule has 4 nitrogen and oxygen atoms in total. The molecule has 0 heterocycles. The zero-order chi connectivity index (χ0) is 15.0. The number of benzene rings is 1. The Hall–Kier alpha value is -1.84. The van der Waals surface area contributed by atoms with Crippen LogP contribution in [0, 0.1) is 5.92 Å². The molecule has 4 heteroatoms. The lowest BCUT2D eigenvalue weighted by atomic mass is 10.0. The van der Waals surface area contributed by atoms with E-state index < -0.39 is 12.0 Å². The van der Waals surface area contributed by atoms with E-state index >= 15 is 0 Å². The Kier molecular flexibility index (Phi) is 6.77. The number of aryl methyl sites for hydroxylation is 1. The average molecular weight is 277 g/mol. The van der Waals surface area contributed by atoms with Crippen LogP contribution in [0.3, 0.4) is 0 Å². The quantitative estimate of drug-likeness (QED) is 0.767. The minimum absolute atomic E-state index is 0.140. The smallest absolute Gasteiger partial charge is 0.326 e. The maximum atomic E-state index is 11.9. The summed E-state index contributed by atoms with van der Waals surface area (Å²) in [4.78, 5) is 23.1. The van der Waals surface area contributed by atoms with Crippen LogP contribution in [0.2, 0.25) is 0 Å². The van der Waals surface area contributed by atoms with Crippen molar-refractivity contribution in [3.8, 4) is 0 Å². The number of carboxylic acids is 1. The van der Waals surface area contributed by atoms with E-state index in [2.05, 4.69) is 5.32 Å². The summed E-state index contributed by atoms with van der Waals surface area (Å²) in [6.45, 7) is 3.84. The fraction of sp³-hybridized carbons (Fsp3) is 0.500. The second-order valence-corrected chi connectivity index (χ2v) is 5.11. The van der Waals surface area contributed by atoms with E-state index in [1.807, 2.05) is 44.2 Å². The van der Waals surface area contributed by atoms with Crippen LogP contribution in [0.4, 0.5) is 0 Å². The molecule has 2 atom stereocenters. The molecule has 0 fully saturated rings. The molecule has 2 N–H and O–H groups in total. The number of hydrogen-bond donors (Lipinski definition) is 2. The molecule has 2 unspecified atom stereocenters. The van der Waals surface area contributed by atoms with Gasteiger partial charge >= 0.3 is 5.97 Å². The third-order valence-electron chi connectivity index (χ3n) is 3.35. The van der Waals surface area contributed by atoms with E-state index in [4.69, 9.17) is 0 Å². The molecule has 0 bridgehead atoms. The molecule has 0 saturated heterocycles. The standard InChI is InChI=1S/C16H23NO3/c1-3-7-12(2)15(18)17-14(16(19)20)11-10-13-8-5-4-6-9-13/h4-6,8-9,12,14H,3,7,10-11H2,1-2H3,(H,17,18)(H,19,20). The predicted molar refractivity (Wildman–Crippen MR) is 78.4 cm³/mol. The Balaban J connectivity index is 2.52. The van der Waals surface area contributed by atoms with Crippen LogP contribution in [0.25, 0.3) is 0 Å². The van der Waals surface area contributed by atoms with E-state index in [0.29, 0.717) is 12.8 Å². The number of rotatable bonds is 8. The van der Waals surface area contributed by atoms with Gasteiger partial charge in [-0.15, -0.1) is 0 Å². The molecule has 1 aromatic carbocycles. The molecule has 20 heavy (non-hydrogen) atoms. The van der Waals surface area contributed by atoms with Crippen molar-refractivity contribution in [2.45, 2.75) is 45.6 Å². The van der Waals surface area contributed by atoms with Crippen LogP contribution >= 0.6 is 0 Å². The molecule has 0 radical (unpaired) electrons. The number of carboxylic acid groups (broad SMARTS) is 1. The Morgan fingerprint density at radius 2 is 1.85 bits per heavy atom. The summed E-state index contributed by atoms with van der Waals surface area (Å²) < 4.78 is 0. The highest BCUT2D eigenvalue weighted by atomic mass is 16.4. The monoisotopic (exact) mass is 277 g/mol. The van der Waals surface area contributed by atoms with Crippen molar-refractivity contribution >= 4 is 11.9 Å². The van der Waals surface area contributed by atoms with Gasteiger partial charge in [-0.2, -0.15) is 0 Å². The molecule has 0 aromatic heterocycles. The normalized spacial score (nSPS) is 13.5. The average Bonchev–Trinajstić information content (AvgIpc) is 2.44. The lowest BCUT2D eigenvalue weighted by Gasteiger charge is -2.17. The third-order valence-corrected chi connectivity index (χ3v) is 3.35. The largest absolute Gasteiger partial charge is 0.480 e. The van der Waals surface area contributed by atoms with Gasteiger partial charge in [0.15, 0.2) is 0 Å². The first-order valence-corrected chi connectivity index (χ1v) is 7.11. The van der Waals surface area contributed by atoms with Gasteiger partial charge in [0, 0.05) is 5.92 Å². The minimum atomic E-state index is -0.974. The highest BCUT2D eigenvalue weighted by Gasteiger charge is 2.22. The van der Waals surface area contributed by atoms with Crippen LogP contribution in [0.5, 0.6) is 0 Å². The first kappa shape index (κ1) is 16.2. The first-order valence-electron chi connectivity index (χ1n) is 7.11. The van der Waals surface area contributed by atoms with Gasteiger partial charge < -0.3 is 10.4 Å². The van der Waals surface area contributed by atoms with Crippen molar-refractivity contribution in [2.24, 2.45) is 5.92 Å². The SMILES string of the molecule is CCCC(C)C(=O)NC(CCc1ccccc1)C(=O)O. The van der Waals surface area contributed by atoms with E-state index in [1.54, 1.807) is 0 Å². The molecule has 110 valence electrons. The Morgan fingerprint density at radius 1 is 1.20 bits per heavy atom. The molecule has 1 aromatic rings. The van der Waals surface area contributed by atoms with Crippen molar-refractivity contribution in [1.82, 2.24) is 5.32 Å². The number of amides is 1. The zero-order valence-electron chi connectivity index (χ0n) is 12.1. The maximum Gasteiger partial charge on any atom is 0.326 e. The van der Waals surface area contributed by atoms with Crippen molar-refractivity contribution in [3.63, 3.8) is 0 Å². The summed E-state index contributed by atoms with van der Waals surface area (Å²) in [6, 6.07) is 8.87. The zero-order valence-corrected chi connectivity index (χ0v) is 12.1. The fourth-order valence-corrected chi connectivity index (χ4v) is 2.09. The third kappa shape index (κ3) is 5.43. The highest BCUT2D eigenvalue weighted by molar-refractivity contribution is 5.84. The Labute approximate surface area is 120 Å². The lowest BCUT2D eigenvalue weighted by molar-refractivity contribution is -0.142. The second-order valence-electron chi connectivity index (χ2n) is 5.11. The molecule has 0 saturated carbocycles. The topological polar surface area (TPSA) is 66.4 Å². The summed E-state index contributed by atoms with van der Waals surface area (Å²) in [5, 5.41) is 11.8. The molecule has 0 aliphatic heterocycles. The van der Waals surface area contributed by atoms with Crippen LogP contribution in [0.15, 0.2) is 30.3 Å². The van der Waals surface area contributed by atoms with Crippen LogP contribution in [-0.4, -0.2) is 23.0 Å². The predicted octanol–water partition coefficient (Wildman–Crippen LogP) is 2.62. The molecule has 0 aliphatic rings. The lowest BCUT2D eigenvalue weighted by Crippen LogP contribution is -2.43. The molecule has 1 amide bonds. The highest BCUT2D eigenvalue weighted by Crippen LogP contribution is 2.08. The van der Waals surface area contributed by atoms with Gasteiger partial charge in [-0.05, 0) is 24.8 Å². The summed E-state index contributed by atoms with van der Waals surface area (Å²) in [7, 11) is 0. The van der Waals surface area contributed by atoms with E-state index in [-0.39, 0.29) is 11.8 Å². The van der Waals surface area contributed by atoms with Crippen LogP contribution < -0.4 is 5.32 Å². The summed E-state index contributed by atoms with van der Waals surface area (Å²) >= 11 is 0. The first-order chi connectivity index (χ1) is 9.54. The molecular weight excluding hydrogens is 254 g/mol. The van der Waals surface area contributed by atoms with Crippen molar-refractivity contribution in [2.75, 3.05) is 0 Å². The number of carbonyl (C=O) groups is 2. The van der Waals surface area contributed by atoms with Gasteiger partial charge in [0.2, 0.25) is 5.91 Å². The van der Waals surface area contributed by atoms with Gasteiger partial charge in [-0.3, -0.25) is 4.79 Å². The van der Waals surface area contributed by atoms with Crippen molar-refractivity contribution < 1.29 is 14.7 Å². The second kappa shape index (κ2) is 8.35. The fourth-order valence-electron chi connectivity index (χ4n) is 2.09. The van der Waals surface area contributed by atoms with Gasteiger partial charge in [0.05, 0.1) is 0 Å². The summed E-state index contributed by atoms with van der Waals surface area (Å²) in [6.07, 6.45) is 2.73. The van der Waals surface area contributed by atoms with Crippen LogP contribution in [-0.2, 0) is 16.0 Å². The van der Waals surface area contributed by atoms with Gasteiger partial charge in [0.25, 0.3) is 0 Å². The number of carbonyl (C=O) groups excluding carboxylic acids is 1. The molecule has 1 rings (SSSR count). The number of nitrogens with one attached hydrogen (secondary N) is 1. The Bertz CT molecular complexity index is 431.